The zero-order chi connectivity index (χ0) is 21.9. The van der Waals surface area contributed by atoms with Crippen molar-refractivity contribution in [2.24, 2.45) is 5.92 Å². The highest BCUT2D eigenvalue weighted by molar-refractivity contribution is 7.22. The van der Waals surface area contributed by atoms with Crippen LogP contribution in [0.3, 0.4) is 0 Å². The number of piperidine rings is 1. The maximum Gasteiger partial charge on any atom is 0.232 e. The Kier molecular flexibility index (Phi) is 6.02. The Morgan fingerprint density at radius 1 is 1.22 bits per heavy atom. The SMILES string of the molecule is N#Cc1ccc(N2CCC(C(=O)N(CC3CCCO3)c3nc4ccccc4s3)CC2)nc1. The molecule has 1 unspecified atom stereocenters. The molecule has 32 heavy (non-hydrogen) atoms. The number of carbonyl (C=O) groups excluding carboxylic acids is 1. The molecule has 4 heterocycles. The van der Waals surface area contributed by atoms with Crippen molar-refractivity contribution in [1.82, 2.24) is 9.97 Å². The van der Waals surface area contributed by atoms with Gasteiger partial charge in [0.1, 0.15) is 11.9 Å². The third kappa shape index (κ3) is 4.31. The Morgan fingerprint density at radius 3 is 2.75 bits per heavy atom. The second kappa shape index (κ2) is 9.23. The lowest BCUT2D eigenvalue weighted by Crippen LogP contribution is -2.45. The Bertz CT molecular complexity index is 1090. The second-order valence-electron chi connectivity index (χ2n) is 8.33. The number of amides is 1. The first kappa shape index (κ1) is 20.9. The number of pyridine rings is 1. The van der Waals surface area contributed by atoms with Gasteiger partial charge in [0, 0.05) is 31.8 Å². The van der Waals surface area contributed by atoms with Gasteiger partial charge >= 0.3 is 0 Å². The summed E-state index contributed by atoms with van der Waals surface area (Å²) < 4.78 is 6.95. The van der Waals surface area contributed by atoms with Gasteiger partial charge in [0.2, 0.25) is 5.91 Å². The number of rotatable bonds is 5. The lowest BCUT2D eigenvalue weighted by molar-refractivity contribution is -0.123. The van der Waals surface area contributed by atoms with E-state index in [-0.39, 0.29) is 17.9 Å². The molecule has 0 bridgehead atoms. The largest absolute Gasteiger partial charge is 0.376 e. The lowest BCUT2D eigenvalue weighted by atomic mass is 9.95. The molecule has 2 aliphatic heterocycles. The summed E-state index contributed by atoms with van der Waals surface area (Å²) in [4.78, 5) is 26.9. The van der Waals surface area contributed by atoms with E-state index in [1.807, 2.05) is 35.2 Å². The van der Waals surface area contributed by atoms with Crippen molar-refractivity contribution in [3.8, 4) is 6.07 Å². The van der Waals surface area contributed by atoms with Crippen molar-refractivity contribution in [1.29, 1.82) is 5.26 Å². The van der Waals surface area contributed by atoms with Gasteiger partial charge in [-0.05, 0) is 49.9 Å². The molecule has 0 N–H and O–H groups in total. The molecule has 164 valence electrons. The van der Waals surface area contributed by atoms with Crippen LogP contribution < -0.4 is 9.80 Å². The van der Waals surface area contributed by atoms with Crippen LogP contribution in [0.15, 0.2) is 42.6 Å². The number of anilines is 2. The molecule has 1 aromatic carbocycles. The number of aromatic nitrogens is 2. The molecule has 1 amide bonds. The van der Waals surface area contributed by atoms with E-state index >= 15 is 0 Å². The number of nitrogens with zero attached hydrogens (tertiary/aromatic N) is 5. The molecule has 2 fully saturated rings. The van der Waals surface area contributed by atoms with E-state index in [4.69, 9.17) is 15.0 Å². The standard InChI is InChI=1S/C24H25N5O2S/c25-14-17-7-8-22(26-15-17)28-11-9-18(10-12-28)23(30)29(16-19-4-3-13-31-19)24-27-20-5-1-2-6-21(20)32-24/h1-2,5-8,15,18-19H,3-4,9-13,16H2. The van der Waals surface area contributed by atoms with Crippen LogP contribution in [0.25, 0.3) is 10.2 Å². The third-order valence-corrected chi connectivity index (χ3v) is 7.29. The summed E-state index contributed by atoms with van der Waals surface area (Å²) in [5, 5.41) is 9.74. The van der Waals surface area contributed by atoms with E-state index in [1.165, 1.54) is 0 Å². The second-order valence-corrected chi connectivity index (χ2v) is 9.34. The van der Waals surface area contributed by atoms with Gasteiger partial charge in [-0.3, -0.25) is 9.69 Å². The highest BCUT2D eigenvalue weighted by atomic mass is 32.1. The van der Waals surface area contributed by atoms with Gasteiger partial charge in [0.15, 0.2) is 5.13 Å². The van der Waals surface area contributed by atoms with E-state index in [1.54, 1.807) is 23.6 Å². The molecule has 2 saturated heterocycles. The Balaban J connectivity index is 1.31. The molecule has 2 aliphatic rings. The fraction of sp³-hybridized carbons (Fsp3) is 0.417. The third-order valence-electron chi connectivity index (χ3n) is 6.23. The fourth-order valence-corrected chi connectivity index (χ4v) is 5.43. The maximum absolute atomic E-state index is 13.7. The van der Waals surface area contributed by atoms with Gasteiger partial charge in [-0.25, -0.2) is 9.97 Å². The van der Waals surface area contributed by atoms with Crippen molar-refractivity contribution in [2.75, 3.05) is 36.0 Å². The molecule has 8 heteroatoms. The molecule has 0 aliphatic carbocycles. The normalized spacial score (nSPS) is 19.2. The first-order valence-corrected chi connectivity index (χ1v) is 11.9. The molecule has 7 nitrogen and oxygen atoms in total. The molecule has 0 spiro atoms. The summed E-state index contributed by atoms with van der Waals surface area (Å²) in [7, 11) is 0. The Morgan fingerprint density at radius 2 is 2.06 bits per heavy atom. The Hall–Kier alpha value is -3.02. The topological polar surface area (TPSA) is 82.4 Å². The average Bonchev–Trinajstić information content (AvgIpc) is 3.52. The molecule has 1 atom stereocenters. The highest BCUT2D eigenvalue weighted by Gasteiger charge is 2.33. The summed E-state index contributed by atoms with van der Waals surface area (Å²) in [5.41, 5.74) is 1.48. The van der Waals surface area contributed by atoms with Gasteiger partial charge in [-0.2, -0.15) is 5.26 Å². The predicted octanol–water partition coefficient (Wildman–Crippen LogP) is 3.99. The lowest BCUT2D eigenvalue weighted by Gasteiger charge is -2.34. The quantitative estimate of drug-likeness (QED) is 0.588. The molecular weight excluding hydrogens is 422 g/mol. The molecule has 2 aromatic heterocycles. The zero-order valence-electron chi connectivity index (χ0n) is 17.8. The number of hydrogen-bond donors (Lipinski definition) is 0. The minimum Gasteiger partial charge on any atom is -0.376 e. The number of ether oxygens (including phenoxy) is 1. The van der Waals surface area contributed by atoms with Crippen LogP contribution in [0.4, 0.5) is 10.9 Å². The van der Waals surface area contributed by atoms with Gasteiger partial charge in [0.25, 0.3) is 0 Å². The summed E-state index contributed by atoms with van der Waals surface area (Å²) in [6.07, 6.45) is 5.25. The molecule has 0 saturated carbocycles. The van der Waals surface area contributed by atoms with Crippen LogP contribution in [-0.4, -0.2) is 48.2 Å². The number of para-hydroxylation sites is 1. The molecule has 3 aromatic rings. The average molecular weight is 448 g/mol. The summed E-state index contributed by atoms with van der Waals surface area (Å²) in [6, 6.07) is 13.8. The van der Waals surface area contributed by atoms with Crippen LogP contribution in [0.1, 0.15) is 31.2 Å². The van der Waals surface area contributed by atoms with E-state index in [2.05, 4.69) is 16.0 Å². The Labute approximate surface area is 191 Å². The molecule has 0 radical (unpaired) electrons. The summed E-state index contributed by atoms with van der Waals surface area (Å²) in [5.74, 6) is 0.960. The van der Waals surface area contributed by atoms with E-state index in [0.29, 0.717) is 12.1 Å². The fourth-order valence-electron chi connectivity index (χ4n) is 4.44. The highest BCUT2D eigenvalue weighted by Crippen LogP contribution is 2.32. The maximum atomic E-state index is 13.7. The number of thiazole rings is 1. The predicted molar refractivity (Wildman–Crippen MR) is 125 cm³/mol. The minimum atomic E-state index is -0.0435. The smallest absolute Gasteiger partial charge is 0.232 e. The van der Waals surface area contributed by atoms with E-state index in [0.717, 1.165) is 66.5 Å². The van der Waals surface area contributed by atoms with Crippen molar-refractivity contribution in [3.05, 3.63) is 48.2 Å². The van der Waals surface area contributed by atoms with Crippen molar-refractivity contribution in [3.63, 3.8) is 0 Å². The van der Waals surface area contributed by atoms with Gasteiger partial charge in [-0.1, -0.05) is 23.5 Å². The van der Waals surface area contributed by atoms with Crippen LogP contribution in [0.5, 0.6) is 0 Å². The van der Waals surface area contributed by atoms with Crippen LogP contribution in [0, 0.1) is 17.2 Å². The van der Waals surface area contributed by atoms with Gasteiger partial charge < -0.3 is 9.64 Å². The van der Waals surface area contributed by atoms with Crippen LogP contribution in [-0.2, 0) is 9.53 Å². The van der Waals surface area contributed by atoms with Gasteiger partial charge in [0.05, 0.1) is 28.4 Å². The monoisotopic (exact) mass is 447 g/mol. The van der Waals surface area contributed by atoms with Gasteiger partial charge in [-0.15, -0.1) is 0 Å². The van der Waals surface area contributed by atoms with Crippen LogP contribution >= 0.6 is 11.3 Å². The number of hydrogen-bond acceptors (Lipinski definition) is 7. The number of nitriles is 1. The number of fused-ring (bicyclic) bond motifs is 1. The first-order valence-electron chi connectivity index (χ1n) is 11.1. The zero-order valence-corrected chi connectivity index (χ0v) is 18.6. The van der Waals surface area contributed by atoms with Crippen molar-refractivity contribution < 1.29 is 9.53 Å². The molecule has 5 rings (SSSR count). The molecular formula is C24H25N5O2S. The van der Waals surface area contributed by atoms with Crippen molar-refractivity contribution >= 4 is 38.4 Å². The summed E-state index contributed by atoms with van der Waals surface area (Å²) >= 11 is 1.57. The minimum absolute atomic E-state index is 0.0435. The first-order chi connectivity index (χ1) is 15.7. The van der Waals surface area contributed by atoms with Crippen molar-refractivity contribution in [2.45, 2.75) is 31.8 Å². The summed E-state index contributed by atoms with van der Waals surface area (Å²) in [6.45, 7) is 2.87. The number of carbonyl (C=O) groups is 1. The van der Waals surface area contributed by atoms with E-state index < -0.39 is 0 Å². The number of benzene rings is 1. The van der Waals surface area contributed by atoms with E-state index in [9.17, 15) is 4.79 Å². The van der Waals surface area contributed by atoms with Crippen LogP contribution in [0.2, 0.25) is 0 Å².